The van der Waals surface area contributed by atoms with E-state index in [1.165, 1.54) is 0 Å². The molecule has 4 radical (unpaired) electrons. The molecule has 2 fully saturated rings. The Hall–Kier alpha value is 3.79. The fraction of sp³-hybridized carbons (Fsp3) is 0.667. The number of rotatable bonds is 3. The molecule has 2 heterocycles. The zero-order valence-corrected chi connectivity index (χ0v) is 26.9. The maximum Gasteiger partial charge on any atom is 0.554 e. The molecule has 4 unspecified atom stereocenters. The minimum absolute atomic E-state index is 0. The topological polar surface area (TPSA) is 55.4 Å². The number of hydrogen-bond acceptors (Lipinski definition) is 6. The van der Waals surface area contributed by atoms with Crippen molar-refractivity contribution in [3.63, 3.8) is 0 Å². The van der Waals surface area contributed by atoms with E-state index < -0.39 is 52.3 Å². The van der Waals surface area contributed by atoms with Gasteiger partial charge in [0.1, 0.15) is 0 Å². The van der Waals surface area contributed by atoms with Gasteiger partial charge in [0.15, 0.2) is 33.3 Å². The number of hydrogen-bond donors (Lipinski definition) is 0. The molecule has 0 aliphatic carbocycles. The summed E-state index contributed by atoms with van der Waals surface area (Å²) in [5.74, 6) is 0. The Kier molecular flexibility index (Phi) is 20.0. The third-order valence-corrected chi connectivity index (χ3v) is 49.4. The predicted molar refractivity (Wildman–Crippen MR) is 83.0 cm³/mol. The van der Waals surface area contributed by atoms with Crippen LogP contribution in [0.2, 0.25) is 13.1 Å². The van der Waals surface area contributed by atoms with Gasteiger partial charge in [-0.25, -0.2) is 0 Å². The first kappa shape index (κ1) is 28.6. The molecule has 114 valence electrons. The van der Waals surface area contributed by atoms with Gasteiger partial charge in [0, 0.05) is 96.8 Å². The van der Waals surface area contributed by atoms with E-state index in [1.54, 1.807) is 14.2 Å². The van der Waals surface area contributed by atoms with Gasteiger partial charge in [-0.05, 0) is 13.1 Å². The minimum atomic E-state index is -1.42. The molecule has 0 amide bonds. The summed E-state index contributed by atoms with van der Waals surface area (Å²) in [4.78, 5) is 0. The van der Waals surface area contributed by atoms with Crippen LogP contribution in [0.15, 0.2) is 0 Å². The summed E-state index contributed by atoms with van der Waals surface area (Å²) in [5, 5.41) is 0. The maximum absolute atomic E-state index is 5.98. The van der Waals surface area contributed by atoms with E-state index in [-0.39, 0.29) is 97.4 Å². The van der Waals surface area contributed by atoms with Crippen molar-refractivity contribution in [3.05, 3.63) is 14.9 Å². The van der Waals surface area contributed by atoms with E-state index in [2.05, 4.69) is 13.1 Å². The van der Waals surface area contributed by atoms with Crippen LogP contribution in [0, 0.1) is 97.4 Å². The Morgan fingerprint density at radius 1 is 0.700 bits per heavy atom. The molecule has 2 aliphatic heterocycles. The summed E-state index contributed by atoms with van der Waals surface area (Å²) >= 11 is 0. The Bertz CT molecular complexity index is 234. The first-order valence-electron chi connectivity index (χ1n) is 5.14. The van der Waals surface area contributed by atoms with Crippen LogP contribution in [0.1, 0.15) is 0 Å². The molecule has 0 bridgehead atoms. The summed E-state index contributed by atoms with van der Waals surface area (Å²) in [5.41, 5.74) is 0. The standard InChI is InChI=1S/C4H16O6Si6.2CH3.2Pr/c1-5-13-7-11(3)15(9-13)16-10-14(6-2)8-12(16)4;;;;/h11-12,15-16H,1-4H3;2*1H3;;/q;2*-1;;. The van der Waals surface area contributed by atoms with Gasteiger partial charge in [-0.1, -0.05) is 0 Å². The van der Waals surface area contributed by atoms with E-state index in [0.29, 0.717) is 0 Å². The van der Waals surface area contributed by atoms with Crippen molar-refractivity contribution in [3.8, 4) is 0 Å². The molecule has 0 aromatic rings. The summed E-state index contributed by atoms with van der Waals surface area (Å²) < 4.78 is 34.0. The third kappa shape index (κ3) is 7.35. The van der Waals surface area contributed by atoms with Gasteiger partial charge in [0.2, 0.25) is 0 Å². The second-order valence-electron chi connectivity index (χ2n) is 3.72. The molecule has 4 atom stereocenters. The van der Waals surface area contributed by atoms with Crippen molar-refractivity contribution in [1.82, 2.24) is 0 Å². The molecule has 0 N–H and O–H groups in total. The predicted octanol–water partition coefficient (Wildman–Crippen LogP) is -1.37. The third-order valence-electron chi connectivity index (χ3n) is 2.61. The van der Waals surface area contributed by atoms with E-state index in [9.17, 15) is 0 Å². The normalized spacial score (nSPS) is 33.6. The minimum Gasteiger partial charge on any atom is -0.417 e. The molecule has 0 aromatic carbocycles. The van der Waals surface area contributed by atoms with Crippen LogP contribution in [-0.2, 0) is 25.3 Å². The molecule has 2 saturated heterocycles. The van der Waals surface area contributed by atoms with E-state index in [1.807, 2.05) is 0 Å². The van der Waals surface area contributed by atoms with Crippen LogP contribution in [0.25, 0.3) is 0 Å². The Morgan fingerprint density at radius 2 is 1.00 bits per heavy atom. The van der Waals surface area contributed by atoms with Crippen LogP contribution in [-0.4, -0.2) is 66.5 Å². The zero-order valence-electron chi connectivity index (χ0n) is 12.9. The molecule has 0 spiro atoms. The summed E-state index contributed by atoms with van der Waals surface area (Å²) in [6.07, 6.45) is 0. The molecule has 2 aliphatic rings. The molecule has 2 rings (SSSR count). The summed E-state index contributed by atoms with van der Waals surface area (Å²) in [6, 6.07) is 0. The molecule has 20 heavy (non-hydrogen) atoms. The van der Waals surface area contributed by atoms with Gasteiger partial charge in [-0.3, -0.25) is 0 Å². The van der Waals surface area contributed by atoms with Crippen molar-refractivity contribution in [2.24, 2.45) is 0 Å². The summed E-state index contributed by atoms with van der Waals surface area (Å²) in [7, 11) is -4.43. The van der Waals surface area contributed by atoms with Gasteiger partial charge in [-0.2, -0.15) is 0 Å². The average Bonchev–Trinajstić information content (AvgIpc) is 2.81. The maximum atomic E-state index is 5.98. The van der Waals surface area contributed by atoms with Crippen molar-refractivity contribution in [2.75, 3.05) is 14.2 Å². The van der Waals surface area contributed by atoms with Crippen molar-refractivity contribution >= 4 is 52.3 Å². The first-order chi connectivity index (χ1) is 7.65. The molecular weight excluding hydrogens is 618 g/mol. The van der Waals surface area contributed by atoms with E-state index in [4.69, 9.17) is 25.3 Å². The van der Waals surface area contributed by atoms with Crippen molar-refractivity contribution in [2.45, 2.75) is 13.1 Å². The summed E-state index contributed by atoms with van der Waals surface area (Å²) in [6.45, 7) is 4.42. The van der Waals surface area contributed by atoms with Crippen molar-refractivity contribution in [1.29, 1.82) is 0 Å². The van der Waals surface area contributed by atoms with Gasteiger partial charge in [0.25, 0.3) is 0 Å². The van der Waals surface area contributed by atoms with Gasteiger partial charge < -0.3 is 40.2 Å². The molecule has 14 heteroatoms. The Balaban J connectivity index is -0.000000722. The van der Waals surface area contributed by atoms with Crippen LogP contribution in [0.4, 0.5) is 0 Å². The van der Waals surface area contributed by atoms with Crippen LogP contribution >= 0.6 is 0 Å². The van der Waals surface area contributed by atoms with Gasteiger partial charge in [0.05, 0.1) is 0 Å². The second kappa shape index (κ2) is 14.0. The van der Waals surface area contributed by atoms with Crippen molar-refractivity contribution < 1.29 is 108 Å². The van der Waals surface area contributed by atoms with E-state index >= 15 is 0 Å². The molecular formula is C6H22O6Pr2Si6-2. The van der Waals surface area contributed by atoms with Gasteiger partial charge >= 0.3 is 19.1 Å². The molecule has 0 aromatic heterocycles. The van der Waals surface area contributed by atoms with E-state index in [0.717, 1.165) is 0 Å². The van der Waals surface area contributed by atoms with Gasteiger partial charge in [-0.15, -0.1) is 0 Å². The Labute approximate surface area is 199 Å². The monoisotopic (exact) mass is 640 g/mol. The van der Waals surface area contributed by atoms with Crippen LogP contribution in [0.5, 0.6) is 0 Å². The average molecular weight is 641 g/mol. The first-order valence-corrected chi connectivity index (χ1v) is 19.8. The van der Waals surface area contributed by atoms with Crippen LogP contribution in [0.3, 0.4) is 0 Å². The van der Waals surface area contributed by atoms with Crippen LogP contribution < -0.4 is 0 Å². The second-order valence-corrected chi connectivity index (χ2v) is 32.1. The fourth-order valence-corrected chi connectivity index (χ4v) is 66.2. The fourth-order valence-electron chi connectivity index (χ4n) is 1.77. The quantitative estimate of drug-likeness (QED) is 0.281. The largest absolute Gasteiger partial charge is 0.554 e. The smallest absolute Gasteiger partial charge is 0.417 e. The SMILES string of the molecule is CO[Si]1O[SiH](C)[SiH]([SiH]2O[Si](OC)O[SiH]2C)O1.[CH3-].[CH3-].[Pr].[Pr]. The molecule has 6 nitrogen and oxygen atoms in total. The zero-order chi connectivity index (χ0) is 11.7. The Morgan fingerprint density at radius 3 is 1.20 bits per heavy atom. The molecule has 0 saturated carbocycles.